The quantitative estimate of drug-likeness (QED) is 0.532. The topological polar surface area (TPSA) is 110 Å². The number of halogens is 1. The summed E-state index contributed by atoms with van der Waals surface area (Å²) in [6, 6.07) is 4.86. The molecule has 0 aliphatic carbocycles. The van der Waals surface area contributed by atoms with Crippen LogP contribution in [0.4, 0.5) is 0 Å². The van der Waals surface area contributed by atoms with Crippen LogP contribution in [-0.2, 0) is 0 Å². The van der Waals surface area contributed by atoms with Crippen LogP contribution >= 0.6 is 11.6 Å². The Morgan fingerprint density at radius 1 is 1.33 bits per heavy atom. The van der Waals surface area contributed by atoms with E-state index in [-0.39, 0.29) is 17.7 Å². The summed E-state index contributed by atoms with van der Waals surface area (Å²) in [5, 5.41) is 8.40. The molecular formula is C20H17ClN6O3. The van der Waals surface area contributed by atoms with Gasteiger partial charge in [-0.3, -0.25) is 14.9 Å². The van der Waals surface area contributed by atoms with E-state index in [0.717, 1.165) is 12.8 Å². The second kappa shape index (κ2) is 7.42. The van der Waals surface area contributed by atoms with Crippen LogP contribution in [0.3, 0.4) is 0 Å². The van der Waals surface area contributed by atoms with Crippen molar-refractivity contribution in [3.05, 3.63) is 53.4 Å². The Morgan fingerprint density at radius 2 is 2.23 bits per heavy atom. The van der Waals surface area contributed by atoms with Crippen molar-refractivity contribution in [2.75, 3.05) is 13.7 Å². The number of nitrogens with one attached hydrogen (secondary N) is 1. The van der Waals surface area contributed by atoms with Gasteiger partial charge in [-0.05, 0) is 25.0 Å². The van der Waals surface area contributed by atoms with E-state index in [1.807, 2.05) is 0 Å². The number of rotatable bonds is 4. The highest BCUT2D eigenvalue weighted by Gasteiger charge is 2.34. The Bertz CT molecular complexity index is 1220. The van der Waals surface area contributed by atoms with Crippen LogP contribution in [0.1, 0.15) is 35.3 Å². The fourth-order valence-electron chi connectivity index (χ4n) is 3.73. The number of carbonyl (C=O) groups excluding carboxylic acids is 1. The first-order valence-corrected chi connectivity index (χ1v) is 9.78. The standard InChI is InChI=1S/C20H17ClN6O3/c1-29-15-9-12(21)7-11-8-16(30-17(11)15)20(28)27-6-2-3-14(27)19-24-18(25-26-19)13-10-22-4-5-23-13/h4-5,7-10,14H,2-3,6H2,1H3,(H,24,25,26). The minimum Gasteiger partial charge on any atom is -0.493 e. The molecule has 0 radical (unpaired) electrons. The smallest absolute Gasteiger partial charge is 0.290 e. The van der Waals surface area contributed by atoms with E-state index in [1.54, 1.807) is 41.7 Å². The second-order valence-electron chi connectivity index (χ2n) is 6.93. The van der Waals surface area contributed by atoms with Crippen molar-refractivity contribution < 1.29 is 13.9 Å². The molecule has 1 fully saturated rings. The summed E-state index contributed by atoms with van der Waals surface area (Å²) < 4.78 is 11.2. The fourth-order valence-corrected chi connectivity index (χ4v) is 3.95. The molecular weight excluding hydrogens is 408 g/mol. The molecule has 1 N–H and O–H groups in total. The number of nitrogens with zero attached hydrogens (tertiary/aromatic N) is 5. The number of amides is 1. The molecule has 0 bridgehead atoms. The van der Waals surface area contributed by atoms with E-state index >= 15 is 0 Å². The molecule has 5 rings (SSSR count). The summed E-state index contributed by atoms with van der Waals surface area (Å²) in [4.78, 5) is 27.8. The Morgan fingerprint density at radius 3 is 3.03 bits per heavy atom. The van der Waals surface area contributed by atoms with Gasteiger partial charge in [-0.15, -0.1) is 0 Å². The third-order valence-electron chi connectivity index (χ3n) is 5.10. The number of ether oxygens (including phenoxy) is 1. The van der Waals surface area contributed by atoms with Crippen molar-refractivity contribution in [1.29, 1.82) is 0 Å². The molecule has 1 amide bonds. The van der Waals surface area contributed by atoms with E-state index in [9.17, 15) is 4.79 Å². The third-order valence-corrected chi connectivity index (χ3v) is 5.32. The van der Waals surface area contributed by atoms with Gasteiger partial charge in [0, 0.05) is 35.4 Å². The van der Waals surface area contributed by atoms with Gasteiger partial charge in [0.15, 0.2) is 17.1 Å². The molecule has 4 heterocycles. The molecule has 1 unspecified atom stereocenters. The predicted molar refractivity (Wildman–Crippen MR) is 108 cm³/mol. The van der Waals surface area contributed by atoms with Crippen LogP contribution in [0.5, 0.6) is 5.75 Å². The summed E-state index contributed by atoms with van der Waals surface area (Å²) in [6.45, 7) is 0.597. The van der Waals surface area contributed by atoms with Crippen molar-refractivity contribution in [2.24, 2.45) is 0 Å². The van der Waals surface area contributed by atoms with Gasteiger partial charge in [0.05, 0.1) is 19.3 Å². The first-order valence-electron chi connectivity index (χ1n) is 9.41. The van der Waals surface area contributed by atoms with Gasteiger partial charge in [-0.1, -0.05) is 11.6 Å². The van der Waals surface area contributed by atoms with E-state index in [2.05, 4.69) is 25.1 Å². The molecule has 1 saturated heterocycles. The molecule has 1 atom stereocenters. The molecule has 0 spiro atoms. The summed E-state index contributed by atoms with van der Waals surface area (Å²) in [7, 11) is 1.53. The lowest BCUT2D eigenvalue weighted by molar-refractivity contribution is 0.0700. The van der Waals surface area contributed by atoms with Crippen LogP contribution in [-0.4, -0.2) is 49.6 Å². The predicted octanol–water partition coefficient (Wildman–Crippen LogP) is 3.65. The Kier molecular flexibility index (Phi) is 4.59. The number of furan rings is 1. The zero-order valence-corrected chi connectivity index (χ0v) is 16.8. The Labute approximate surface area is 176 Å². The molecule has 10 heteroatoms. The number of carbonyl (C=O) groups is 1. The van der Waals surface area contributed by atoms with Crippen LogP contribution in [0.2, 0.25) is 5.02 Å². The van der Waals surface area contributed by atoms with Gasteiger partial charge in [0.25, 0.3) is 5.91 Å². The van der Waals surface area contributed by atoms with E-state index in [0.29, 0.717) is 45.6 Å². The molecule has 3 aromatic heterocycles. The van der Waals surface area contributed by atoms with Crippen molar-refractivity contribution in [2.45, 2.75) is 18.9 Å². The average molecular weight is 425 g/mol. The maximum atomic E-state index is 13.2. The monoisotopic (exact) mass is 424 g/mol. The second-order valence-corrected chi connectivity index (χ2v) is 7.36. The number of aromatic amines is 1. The van der Waals surface area contributed by atoms with Crippen molar-refractivity contribution in [1.82, 2.24) is 30.0 Å². The summed E-state index contributed by atoms with van der Waals surface area (Å²) in [5.41, 5.74) is 1.06. The molecule has 9 nitrogen and oxygen atoms in total. The average Bonchev–Trinajstić information content (AvgIpc) is 3.51. The largest absolute Gasteiger partial charge is 0.493 e. The lowest BCUT2D eigenvalue weighted by Crippen LogP contribution is -2.30. The number of fused-ring (bicyclic) bond motifs is 1. The molecule has 1 aliphatic rings. The first kappa shape index (κ1) is 18.6. The lowest BCUT2D eigenvalue weighted by atomic mass is 10.2. The number of aromatic nitrogens is 5. The lowest BCUT2D eigenvalue weighted by Gasteiger charge is -2.21. The van der Waals surface area contributed by atoms with E-state index < -0.39 is 0 Å². The van der Waals surface area contributed by atoms with Crippen LogP contribution in [0.15, 0.2) is 41.2 Å². The van der Waals surface area contributed by atoms with E-state index in [1.165, 1.54) is 7.11 Å². The van der Waals surface area contributed by atoms with Gasteiger partial charge < -0.3 is 14.1 Å². The SMILES string of the molecule is COc1cc(Cl)cc2cc(C(=O)N3CCCC3c3nc(-c4cnccn4)n[nH]3)oc12. The van der Waals surface area contributed by atoms with Gasteiger partial charge in [-0.25, -0.2) is 9.97 Å². The number of H-pyrrole nitrogens is 1. The van der Waals surface area contributed by atoms with Crippen molar-refractivity contribution >= 4 is 28.5 Å². The molecule has 0 saturated carbocycles. The molecule has 1 aromatic carbocycles. The molecule has 152 valence electrons. The highest BCUT2D eigenvalue weighted by Crippen LogP contribution is 2.36. The summed E-state index contributed by atoms with van der Waals surface area (Å²) >= 11 is 6.13. The minimum absolute atomic E-state index is 0.218. The first-order chi connectivity index (χ1) is 14.6. The van der Waals surface area contributed by atoms with Gasteiger partial charge in [0.2, 0.25) is 5.82 Å². The van der Waals surface area contributed by atoms with E-state index in [4.69, 9.17) is 20.8 Å². The molecule has 4 aromatic rings. The van der Waals surface area contributed by atoms with Gasteiger partial charge in [0.1, 0.15) is 11.5 Å². The fraction of sp³-hybridized carbons (Fsp3) is 0.250. The minimum atomic E-state index is -0.228. The molecule has 1 aliphatic heterocycles. The van der Waals surface area contributed by atoms with Crippen LogP contribution in [0, 0.1) is 0 Å². The number of hydrogen-bond donors (Lipinski definition) is 1. The Balaban J connectivity index is 1.45. The van der Waals surface area contributed by atoms with Crippen molar-refractivity contribution in [3.63, 3.8) is 0 Å². The summed E-state index contributed by atoms with van der Waals surface area (Å²) in [5.74, 6) is 1.55. The van der Waals surface area contributed by atoms with Gasteiger partial charge in [-0.2, -0.15) is 5.10 Å². The maximum Gasteiger partial charge on any atom is 0.290 e. The zero-order chi connectivity index (χ0) is 20.7. The highest BCUT2D eigenvalue weighted by molar-refractivity contribution is 6.31. The number of benzene rings is 1. The van der Waals surface area contributed by atoms with Crippen LogP contribution in [0.25, 0.3) is 22.5 Å². The Hall–Kier alpha value is -3.46. The number of likely N-dealkylation sites (tertiary alicyclic amines) is 1. The van der Waals surface area contributed by atoms with Crippen molar-refractivity contribution in [3.8, 4) is 17.3 Å². The van der Waals surface area contributed by atoms with Crippen LogP contribution < -0.4 is 4.74 Å². The summed E-state index contributed by atoms with van der Waals surface area (Å²) in [6.07, 6.45) is 6.39. The molecule has 30 heavy (non-hydrogen) atoms. The van der Waals surface area contributed by atoms with Gasteiger partial charge >= 0.3 is 0 Å². The maximum absolute atomic E-state index is 13.2. The third kappa shape index (κ3) is 3.17. The number of hydrogen-bond acceptors (Lipinski definition) is 7. The number of methoxy groups -OCH3 is 1. The highest BCUT2D eigenvalue weighted by atomic mass is 35.5. The zero-order valence-electron chi connectivity index (χ0n) is 16.0. The normalized spacial score (nSPS) is 16.3.